The first-order chi connectivity index (χ1) is 9.17. The molecule has 0 aliphatic rings. The summed E-state index contributed by atoms with van der Waals surface area (Å²) in [6.07, 6.45) is 1.66. The highest BCUT2D eigenvalue weighted by Gasteiger charge is 2.07. The minimum Gasteiger partial charge on any atom is -0.489 e. The Kier molecular flexibility index (Phi) is 7.40. The smallest absolute Gasteiger partial charge is 0.135 e. The van der Waals surface area contributed by atoms with Gasteiger partial charge in [-0.05, 0) is 31.5 Å². The van der Waals surface area contributed by atoms with Crippen LogP contribution in [0.15, 0.2) is 18.2 Å². The summed E-state index contributed by atoms with van der Waals surface area (Å²) in [6.45, 7) is 4.78. The average molecular weight is 281 g/mol. The van der Waals surface area contributed by atoms with Crippen molar-refractivity contribution in [3.8, 4) is 17.6 Å². The van der Waals surface area contributed by atoms with Gasteiger partial charge in [0.2, 0.25) is 0 Å². The summed E-state index contributed by atoms with van der Waals surface area (Å²) in [6, 6.07) is 6.05. The summed E-state index contributed by atoms with van der Waals surface area (Å²) in [5, 5.41) is 0. The molecule has 0 amide bonds. The van der Waals surface area contributed by atoms with Gasteiger partial charge in [-0.2, -0.15) is 0 Å². The van der Waals surface area contributed by atoms with E-state index in [1.807, 2.05) is 32.0 Å². The van der Waals surface area contributed by atoms with Crippen LogP contribution in [0.1, 0.15) is 30.9 Å². The van der Waals surface area contributed by atoms with Crippen molar-refractivity contribution in [3.63, 3.8) is 0 Å². The van der Waals surface area contributed by atoms with Crippen molar-refractivity contribution < 1.29 is 9.47 Å². The topological polar surface area (TPSA) is 18.5 Å². The lowest BCUT2D eigenvalue weighted by Crippen LogP contribution is -2.14. The van der Waals surface area contributed by atoms with E-state index in [1.165, 1.54) is 5.56 Å². The number of hydrogen-bond acceptors (Lipinski definition) is 2. The zero-order valence-electron chi connectivity index (χ0n) is 11.8. The predicted octanol–water partition coefficient (Wildman–Crippen LogP) is 3.78. The molecular formula is C16H21ClO2. The van der Waals surface area contributed by atoms with E-state index in [4.69, 9.17) is 21.1 Å². The van der Waals surface area contributed by atoms with Crippen molar-refractivity contribution in [2.45, 2.75) is 32.8 Å². The van der Waals surface area contributed by atoms with Gasteiger partial charge >= 0.3 is 0 Å². The standard InChI is InChI=1S/C16H21ClO2/c1-13-7-8-16(19-14(2)9-11-18-3)15(12-13)6-4-5-10-17/h7-8,12,14H,5,9-11H2,1-3H3. The first-order valence-corrected chi connectivity index (χ1v) is 7.02. The average Bonchev–Trinajstić information content (AvgIpc) is 2.39. The molecule has 2 nitrogen and oxygen atoms in total. The lowest BCUT2D eigenvalue weighted by Gasteiger charge is -2.15. The fraction of sp³-hybridized carbons (Fsp3) is 0.500. The molecule has 1 aromatic rings. The second kappa shape index (κ2) is 8.85. The molecule has 1 rings (SSSR count). The Labute approximate surface area is 121 Å². The first kappa shape index (κ1) is 15.9. The van der Waals surface area contributed by atoms with E-state index in [0.29, 0.717) is 18.9 Å². The van der Waals surface area contributed by atoms with E-state index in [2.05, 4.69) is 11.8 Å². The Morgan fingerprint density at radius 2 is 2.16 bits per heavy atom. The van der Waals surface area contributed by atoms with Gasteiger partial charge in [-0.25, -0.2) is 0 Å². The highest BCUT2D eigenvalue weighted by atomic mass is 35.5. The molecule has 104 valence electrons. The molecule has 0 N–H and O–H groups in total. The molecule has 0 radical (unpaired) electrons. The van der Waals surface area contributed by atoms with Crippen LogP contribution in [-0.2, 0) is 4.74 Å². The highest BCUT2D eigenvalue weighted by Crippen LogP contribution is 2.21. The van der Waals surface area contributed by atoms with Crippen LogP contribution in [-0.4, -0.2) is 25.7 Å². The quantitative estimate of drug-likeness (QED) is 0.583. The highest BCUT2D eigenvalue weighted by molar-refractivity contribution is 6.18. The summed E-state index contributed by atoms with van der Waals surface area (Å²) in [5.41, 5.74) is 2.10. The van der Waals surface area contributed by atoms with E-state index < -0.39 is 0 Å². The van der Waals surface area contributed by atoms with E-state index in [9.17, 15) is 0 Å². The molecule has 0 saturated carbocycles. The SMILES string of the molecule is COCCC(C)Oc1ccc(C)cc1C#CCCCl. The van der Waals surface area contributed by atoms with Crippen LogP contribution in [0.25, 0.3) is 0 Å². The van der Waals surface area contributed by atoms with E-state index in [-0.39, 0.29) is 6.10 Å². The largest absolute Gasteiger partial charge is 0.489 e. The number of hydrogen-bond donors (Lipinski definition) is 0. The molecule has 0 bridgehead atoms. The molecule has 1 aromatic carbocycles. The van der Waals surface area contributed by atoms with Crippen LogP contribution in [0.4, 0.5) is 0 Å². The Balaban J connectivity index is 2.79. The van der Waals surface area contributed by atoms with E-state index in [0.717, 1.165) is 17.7 Å². The second-order valence-corrected chi connectivity index (χ2v) is 4.83. The first-order valence-electron chi connectivity index (χ1n) is 6.48. The minimum absolute atomic E-state index is 0.108. The Hall–Kier alpha value is -1.17. The Morgan fingerprint density at radius 3 is 2.84 bits per heavy atom. The molecular weight excluding hydrogens is 260 g/mol. The predicted molar refractivity (Wildman–Crippen MR) is 80.0 cm³/mol. The maximum Gasteiger partial charge on any atom is 0.135 e. The van der Waals surface area contributed by atoms with Gasteiger partial charge in [-0.3, -0.25) is 0 Å². The van der Waals surface area contributed by atoms with Crippen LogP contribution in [0.3, 0.4) is 0 Å². The van der Waals surface area contributed by atoms with Crippen molar-refractivity contribution >= 4 is 11.6 Å². The van der Waals surface area contributed by atoms with Gasteiger partial charge in [0.25, 0.3) is 0 Å². The molecule has 0 fully saturated rings. The van der Waals surface area contributed by atoms with Crippen LogP contribution < -0.4 is 4.74 Å². The minimum atomic E-state index is 0.108. The summed E-state index contributed by atoms with van der Waals surface area (Å²) < 4.78 is 11.0. The van der Waals surface area contributed by atoms with E-state index in [1.54, 1.807) is 7.11 Å². The maximum atomic E-state index is 5.92. The molecule has 0 saturated heterocycles. The normalized spacial score (nSPS) is 11.6. The molecule has 0 heterocycles. The van der Waals surface area contributed by atoms with E-state index >= 15 is 0 Å². The van der Waals surface area contributed by atoms with Crippen LogP contribution in [0, 0.1) is 18.8 Å². The zero-order chi connectivity index (χ0) is 14.1. The summed E-state index contributed by atoms with van der Waals surface area (Å²) >= 11 is 5.63. The number of rotatable bonds is 6. The van der Waals surface area contributed by atoms with Gasteiger partial charge < -0.3 is 9.47 Å². The third-order valence-corrected chi connectivity index (χ3v) is 2.82. The molecule has 1 unspecified atom stereocenters. The maximum absolute atomic E-state index is 5.92. The fourth-order valence-corrected chi connectivity index (χ4v) is 1.70. The van der Waals surface area contributed by atoms with Gasteiger partial charge in [-0.15, -0.1) is 11.6 Å². The number of ether oxygens (including phenoxy) is 2. The zero-order valence-corrected chi connectivity index (χ0v) is 12.6. The third kappa shape index (κ3) is 6.00. The van der Waals surface area contributed by atoms with Gasteiger partial charge in [0.05, 0.1) is 11.7 Å². The van der Waals surface area contributed by atoms with Crippen molar-refractivity contribution in [1.29, 1.82) is 0 Å². The van der Waals surface area contributed by atoms with Gasteiger partial charge in [0.1, 0.15) is 5.75 Å². The molecule has 19 heavy (non-hydrogen) atoms. The monoisotopic (exact) mass is 280 g/mol. The molecule has 3 heteroatoms. The second-order valence-electron chi connectivity index (χ2n) is 4.45. The summed E-state index contributed by atoms with van der Waals surface area (Å²) in [7, 11) is 1.70. The van der Waals surface area contributed by atoms with Crippen molar-refractivity contribution in [3.05, 3.63) is 29.3 Å². The number of methoxy groups -OCH3 is 1. The Morgan fingerprint density at radius 1 is 1.37 bits per heavy atom. The molecule has 1 atom stereocenters. The molecule has 0 aliphatic carbocycles. The number of benzene rings is 1. The lowest BCUT2D eigenvalue weighted by atomic mass is 10.1. The van der Waals surface area contributed by atoms with Crippen molar-refractivity contribution in [2.24, 2.45) is 0 Å². The van der Waals surface area contributed by atoms with Gasteiger partial charge in [0.15, 0.2) is 0 Å². The number of aryl methyl sites for hydroxylation is 1. The molecule has 0 aliphatic heterocycles. The summed E-state index contributed by atoms with van der Waals surface area (Å²) in [5.74, 6) is 7.56. The number of halogens is 1. The Bertz CT molecular complexity index is 446. The molecule has 0 spiro atoms. The lowest BCUT2D eigenvalue weighted by molar-refractivity contribution is 0.135. The van der Waals surface area contributed by atoms with Crippen LogP contribution in [0.5, 0.6) is 5.75 Å². The van der Waals surface area contributed by atoms with Crippen LogP contribution in [0.2, 0.25) is 0 Å². The number of alkyl halides is 1. The third-order valence-electron chi connectivity index (χ3n) is 2.63. The molecule has 0 aromatic heterocycles. The fourth-order valence-electron chi connectivity index (χ4n) is 1.61. The van der Waals surface area contributed by atoms with Crippen LogP contribution >= 0.6 is 11.6 Å². The summed E-state index contributed by atoms with van der Waals surface area (Å²) in [4.78, 5) is 0. The van der Waals surface area contributed by atoms with Crippen molar-refractivity contribution in [1.82, 2.24) is 0 Å². The van der Waals surface area contributed by atoms with Gasteiger partial charge in [-0.1, -0.05) is 17.9 Å². The van der Waals surface area contributed by atoms with Gasteiger partial charge in [0, 0.05) is 32.4 Å². The van der Waals surface area contributed by atoms with Crippen molar-refractivity contribution in [2.75, 3.05) is 19.6 Å².